The molecule has 0 bridgehead atoms. The van der Waals surface area contributed by atoms with Crippen molar-refractivity contribution in [2.75, 3.05) is 5.43 Å². The lowest BCUT2D eigenvalue weighted by atomic mass is 10.1. The van der Waals surface area contributed by atoms with Crippen molar-refractivity contribution in [2.45, 2.75) is 0 Å². The quantitative estimate of drug-likeness (QED) is 0.322. The van der Waals surface area contributed by atoms with E-state index in [0.29, 0.717) is 10.5 Å². The van der Waals surface area contributed by atoms with Crippen LogP contribution in [0.15, 0.2) is 71.8 Å². The van der Waals surface area contributed by atoms with Crippen LogP contribution in [0.25, 0.3) is 22.2 Å². The van der Waals surface area contributed by atoms with Crippen LogP contribution in [0.1, 0.15) is 5.56 Å². The fourth-order valence-electron chi connectivity index (χ4n) is 2.76. The minimum absolute atomic E-state index is 0.188. The maximum Gasteiger partial charge on any atom is 0.244 e. The highest BCUT2D eigenvalue weighted by Gasteiger charge is 2.10. The molecule has 0 radical (unpaired) electrons. The van der Waals surface area contributed by atoms with Crippen molar-refractivity contribution in [2.24, 2.45) is 5.10 Å². The molecule has 0 fully saturated rings. The van der Waals surface area contributed by atoms with Gasteiger partial charge >= 0.3 is 0 Å². The summed E-state index contributed by atoms with van der Waals surface area (Å²) < 4.78 is 13.9. The number of halogens is 3. The van der Waals surface area contributed by atoms with E-state index in [0.717, 1.165) is 16.6 Å². The number of fused-ring (bicyclic) bond motifs is 1. The number of anilines is 1. The molecule has 3 aromatic carbocycles. The second-order valence-electron chi connectivity index (χ2n) is 5.93. The van der Waals surface area contributed by atoms with Gasteiger partial charge in [0.2, 0.25) is 5.95 Å². The van der Waals surface area contributed by atoms with Crippen molar-refractivity contribution in [3.63, 3.8) is 0 Å². The molecule has 4 aromatic rings. The molecule has 1 heterocycles. The molecule has 1 N–H and O–H groups in total. The SMILES string of the molecule is Fc1cccc(Cl)c1C=NNc1nc(-c2ccccc2)c2cc(Cl)ccc2n1. The van der Waals surface area contributed by atoms with Gasteiger partial charge in [0.15, 0.2) is 0 Å². The zero-order valence-electron chi connectivity index (χ0n) is 14.4. The smallest absolute Gasteiger partial charge is 0.244 e. The fraction of sp³-hybridized carbons (Fsp3) is 0. The van der Waals surface area contributed by atoms with Crippen LogP contribution in [0.5, 0.6) is 0 Å². The lowest BCUT2D eigenvalue weighted by Crippen LogP contribution is -2.00. The monoisotopic (exact) mass is 410 g/mol. The summed E-state index contributed by atoms with van der Waals surface area (Å²) in [6.45, 7) is 0. The predicted octanol–water partition coefficient (Wildman–Crippen LogP) is 6.19. The Hall–Kier alpha value is -3.02. The first kappa shape index (κ1) is 18.3. The number of hydrazone groups is 1. The number of benzene rings is 3. The van der Waals surface area contributed by atoms with Gasteiger partial charge in [0.1, 0.15) is 5.82 Å². The molecule has 138 valence electrons. The fourth-order valence-corrected chi connectivity index (χ4v) is 3.14. The molecule has 0 unspecified atom stereocenters. The van der Waals surface area contributed by atoms with Crippen molar-refractivity contribution < 1.29 is 4.39 Å². The van der Waals surface area contributed by atoms with Crippen LogP contribution in [0.2, 0.25) is 10.0 Å². The normalized spacial score (nSPS) is 11.2. The number of rotatable bonds is 4. The highest BCUT2D eigenvalue weighted by atomic mass is 35.5. The van der Waals surface area contributed by atoms with E-state index in [-0.39, 0.29) is 16.5 Å². The Labute approximate surface area is 170 Å². The minimum Gasteiger partial charge on any atom is -0.245 e. The number of nitrogens with one attached hydrogen (secondary N) is 1. The lowest BCUT2D eigenvalue weighted by molar-refractivity contribution is 0.626. The third-order valence-electron chi connectivity index (χ3n) is 4.06. The predicted molar refractivity (Wildman–Crippen MR) is 113 cm³/mol. The van der Waals surface area contributed by atoms with Crippen LogP contribution in [-0.2, 0) is 0 Å². The third-order valence-corrected chi connectivity index (χ3v) is 4.63. The standard InChI is InChI=1S/C21H13Cl2FN4/c22-14-9-10-19-15(11-14)20(13-5-2-1-3-6-13)27-21(26-19)28-25-12-16-17(23)7-4-8-18(16)24/h1-12H,(H,26,27,28). The van der Waals surface area contributed by atoms with Gasteiger partial charge < -0.3 is 0 Å². The topological polar surface area (TPSA) is 50.2 Å². The summed E-state index contributed by atoms with van der Waals surface area (Å²) in [7, 11) is 0. The van der Waals surface area contributed by atoms with E-state index in [1.807, 2.05) is 42.5 Å². The second kappa shape index (κ2) is 7.92. The van der Waals surface area contributed by atoms with Crippen LogP contribution in [-0.4, -0.2) is 16.2 Å². The average molecular weight is 411 g/mol. The molecule has 4 rings (SSSR count). The Balaban J connectivity index is 1.74. The number of hydrogen-bond acceptors (Lipinski definition) is 4. The Kier molecular flexibility index (Phi) is 5.19. The summed E-state index contributed by atoms with van der Waals surface area (Å²) in [5.74, 6) is -0.186. The van der Waals surface area contributed by atoms with E-state index in [4.69, 9.17) is 23.2 Å². The van der Waals surface area contributed by atoms with Crippen molar-refractivity contribution >= 4 is 46.3 Å². The molecule has 0 saturated carbocycles. The van der Waals surface area contributed by atoms with E-state index < -0.39 is 5.82 Å². The Morgan fingerprint density at radius 3 is 2.54 bits per heavy atom. The molecule has 0 aliphatic heterocycles. The van der Waals surface area contributed by atoms with E-state index in [1.54, 1.807) is 12.1 Å². The summed E-state index contributed by atoms with van der Waals surface area (Å²) >= 11 is 12.2. The van der Waals surface area contributed by atoms with Gasteiger partial charge in [0.05, 0.1) is 22.4 Å². The van der Waals surface area contributed by atoms with Crippen molar-refractivity contribution in [3.8, 4) is 11.3 Å². The second-order valence-corrected chi connectivity index (χ2v) is 6.77. The van der Waals surface area contributed by atoms with Gasteiger partial charge in [-0.15, -0.1) is 0 Å². The van der Waals surface area contributed by atoms with Gasteiger partial charge in [0, 0.05) is 21.5 Å². The molecular formula is C21H13Cl2FN4. The highest BCUT2D eigenvalue weighted by Crippen LogP contribution is 2.29. The average Bonchev–Trinajstić information content (AvgIpc) is 2.70. The number of aromatic nitrogens is 2. The van der Waals surface area contributed by atoms with Gasteiger partial charge in [-0.25, -0.2) is 19.8 Å². The van der Waals surface area contributed by atoms with Crippen LogP contribution in [0, 0.1) is 5.82 Å². The highest BCUT2D eigenvalue weighted by molar-refractivity contribution is 6.33. The Morgan fingerprint density at radius 1 is 0.929 bits per heavy atom. The number of nitrogens with zero attached hydrogens (tertiary/aromatic N) is 3. The third kappa shape index (κ3) is 3.81. The lowest BCUT2D eigenvalue weighted by Gasteiger charge is -2.09. The summed E-state index contributed by atoms with van der Waals surface area (Å²) in [5.41, 5.74) is 5.28. The van der Waals surface area contributed by atoms with E-state index in [1.165, 1.54) is 18.3 Å². The molecule has 7 heteroatoms. The number of hydrogen-bond donors (Lipinski definition) is 1. The minimum atomic E-state index is -0.461. The van der Waals surface area contributed by atoms with Gasteiger partial charge in [0.25, 0.3) is 0 Å². The summed E-state index contributed by atoms with van der Waals surface area (Å²) in [6.07, 6.45) is 1.30. The van der Waals surface area contributed by atoms with Crippen LogP contribution in [0.4, 0.5) is 10.3 Å². The molecule has 1 aromatic heterocycles. The maximum absolute atomic E-state index is 13.9. The Bertz CT molecular complexity index is 1160. The van der Waals surface area contributed by atoms with Crippen molar-refractivity contribution in [3.05, 3.63) is 88.2 Å². The zero-order chi connectivity index (χ0) is 19.5. The van der Waals surface area contributed by atoms with Crippen LogP contribution >= 0.6 is 23.2 Å². The maximum atomic E-state index is 13.9. The molecule has 0 spiro atoms. The zero-order valence-corrected chi connectivity index (χ0v) is 15.9. The Morgan fingerprint density at radius 2 is 1.75 bits per heavy atom. The first-order valence-corrected chi connectivity index (χ1v) is 9.13. The molecule has 0 atom stereocenters. The molecule has 28 heavy (non-hydrogen) atoms. The first-order chi connectivity index (χ1) is 13.6. The largest absolute Gasteiger partial charge is 0.245 e. The van der Waals surface area contributed by atoms with Gasteiger partial charge in [-0.3, -0.25) is 0 Å². The summed E-state index contributed by atoms with van der Waals surface area (Å²) in [4.78, 5) is 9.02. The molecule has 4 nitrogen and oxygen atoms in total. The summed E-state index contributed by atoms with van der Waals surface area (Å²) in [6, 6.07) is 19.5. The first-order valence-electron chi connectivity index (χ1n) is 8.37. The molecule has 0 aliphatic carbocycles. The molecule has 0 saturated heterocycles. The van der Waals surface area contributed by atoms with Gasteiger partial charge in [-0.05, 0) is 30.3 Å². The molecule has 0 amide bonds. The summed E-state index contributed by atoms with van der Waals surface area (Å²) in [5, 5.41) is 5.73. The van der Waals surface area contributed by atoms with E-state index in [9.17, 15) is 4.39 Å². The van der Waals surface area contributed by atoms with Crippen LogP contribution in [0.3, 0.4) is 0 Å². The van der Waals surface area contributed by atoms with Gasteiger partial charge in [-0.1, -0.05) is 59.6 Å². The van der Waals surface area contributed by atoms with E-state index in [2.05, 4.69) is 20.5 Å². The van der Waals surface area contributed by atoms with Gasteiger partial charge in [-0.2, -0.15) is 5.10 Å². The van der Waals surface area contributed by atoms with Crippen molar-refractivity contribution in [1.82, 2.24) is 9.97 Å². The van der Waals surface area contributed by atoms with E-state index >= 15 is 0 Å². The van der Waals surface area contributed by atoms with Crippen LogP contribution < -0.4 is 5.43 Å². The molecular weight excluding hydrogens is 398 g/mol. The molecule has 0 aliphatic rings. The van der Waals surface area contributed by atoms with Crippen molar-refractivity contribution in [1.29, 1.82) is 0 Å².